The Bertz CT molecular complexity index is 103. The first-order valence-corrected chi connectivity index (χ1v) is 2.10. The Balaban J connectivity index is -0.00000000222. The molecule has 0 unspecified atom stereocenters. The molecule has 14 N–H and O–H groups in total. The van der Waals surface area contributed by atoms with Crippen LogP contribution >= 0.6 is 0 Å². The Kier molecular flexibility index (Phi) is 241. The summed E-state index contributed by atoms with van der Waals surface area (Å²) in [4.78, 5) is 0. The molecule has 91 valence electrons. The van der Waals surface area contributed by atoms with Gasteiger partial charge in [0.2, 0.25) is 0 Å². The molecule has 0 aliphatic carbocycles. The van der Waals surface area contributed by atoms with Gasteiger partial charge >= 0.3 is 61.8 Å². The Labute approximate surface area is 129 Å². The van der Waals surface area contributed by atoms with Gasteiger partial charge in [0.25, 0.3) is 0 Å². The summed E-state index contributed by atoms with van der Waals surface area (Å²) in [5.74, 6) is 0. The van der Waals surface area contributed by atoms with E-state index in [-0.39, 0.29) is 102 Å². The first-order valence-electron chi connectivity index (χ1n) is 0.698. The van der Waals surface area contributed by atoms with Crippen molar-refractivity contribution in [3.8, 4) is 0 Å². The molecule has 0 aromatic heterocycles. The van der Waals surface area contributed by atoms with Crippen LogP contribution in [0.15, 0.2) is 0 Å². The predicted octanol–water partition coefficient (Wildman–Crippen LogP) is -8.49. The van der Waals surface area contributed by atoms with E-state index < -0.39 is 10.4 Å². The first-order chi connectivity index (χ1) is 2.00. The third kappa shape index (κ3) is 607. The topological polar surface area (TPSA) is 264 Å². The summed E-state index contributed by atoms with van der Waals surface area (Å²) in [5.41, 5.74) is 0. The molecule has 0 bridgehead atoms. The molecular formula is H15CoKO10S. The minimum absolute atomic E-state index is 0. The summed E-state index contributed by atoms with van der Waals surface area (Å²) >= 11 is 0. The van der Waals surface area contributed by atoms with E-state index >= 15 is 0 Å². The van der Waals surface area contributed by atoms with Crippen molar-refractivity contribution < 1.29 is 120 Å². The molecule has 0 spiro atoms. The number of rotatable bonds is 0. The third-order valence-electron chi connectivity index (χ3n) is 0. The Hall–Kier alpha value is 1.77. The minimum Gasteiger partial charge on any atom is -1.00 e. The van der Waals surface area contributed by atoms with Crippen molar-refractivity contribution in [2.24, 2.45) is 0 Å². The van der Waals surface area contributed by atoms with Gasteiger partial charge in [-0.15, -0.1) is 0 Å². The monoisotopic (exact) mass is 305 g/mol. The van der Waals surface area contributed by atoms with Gasteiger partial charge in [0.1, 0.15) is 0 Å². The van der Waals surface area contributed by atoms with Gasteiger partial charge in [-0.2, -0.15) is 8.42 Å². The van der Waals surface area contributed by atoms with Crippen LogP contribution in [0.1, 0.15) is 1.43 Å². The van der Waals surface area contributed by atoms with Crippen molar-refractivity contribution in [3.63, 3.8) is 0 Å². The molecule has 13 heavy (non-hydrogen) atoms. The maximum atomic E-state index is 8.74. The number of hydrogen-bond donors (Lipinski definition) is 2. The molecular weight excluding hydrogens is 290 g/mol. The van der Waals surface area contributed by atoms with Crippen molar-refractivity contribution in [3.05, 3.63) is 0 Å². The van der Waals surface area contributed by atoms with Crippen LogP contribution in [0.3, 0.4) is 0 Å². The molecule has 0 amide bonds. The van der Waals surface area contributed by atoms with Gasteiger partial charge in [0.15, 0.2) is 0 Å². The molecule has 0 aliphatic heterocycles. The summed E-state index contributed by atoms with van der Waals surface area (Å²) < 4.78 is 31.6. The molecule has 0 saturated heterocycles. The summed E-state index contributed by atoms with van der Waals surface area (Å²) in [7, 11) is -4.67. The van der Waals surface area contributed by atoms with Gasteiger partial charge in [0.05, 0.1) is 0 Å². The standard InChI is InChI=1S/Co.K.H2O4S.6H2O.H/c;;1-5(2,3)4;;;;;;;/h;;(H2,1,2,3,4);6*1H2;/q;+1;;;;;;;;-1. The van der Waals surface area contributed by atoms with Crippen LogP contribution in [-0.4, -0.2) is 50.4 Å². The fraction of sp³-hybridized carbons (Fsp3) is 0. The normalized spacial score (nSPS) is 4.46. The maximum Gasteiger partial charge on any atom is 1.00 e. The Morgan fingerprint density at radius 2 is 0.769 bits per heavy atom. The molecule has 0 rings (SSSR count). The summed E-state index contributed by atoms with van der Waals surface area (Å²) in [5, 5.41) is 0. The molecule has 0 aliphatic rings. The zero-order valence-corrected chi connectivity index (χ0v) is 11.4. The third-order valence-corrected chi connectivity index (χ3v) is 0. The molecule has 0 heterocycles. The molecule has 0 atom stereocenters. The van der Waals surface area contributed by atoms with E-state index in [1.165, 1.54) is 0 Å². The van der Waals surface area contributed by atoms with Crippen LogP contribution < -0.4 is 51.4 Å². The van der Waals surface area contributed by atoms with Crippen molar-refractivity contribution in [1.29, 1.82) is 0 Å². The zero-order valence-electron chi connectivity index (χ0n) is 7.45. The van der Waals surface area contributed by atoms with Crippen molar-refractivity contribution in [1.82, 2.24) is 0 Å². The average molecular weight is 305 g/mol. The fourth-order valence-electron chi connectivity index (χ4n) is 0. The van der Waals surface area contributed by atoms with E-state index in [0.29, 0.717) is 0 Å². The summed E-state index contributed by atoms with van der Waals surface area (Å²) in [6, 6.07) is 0. The minimum atomic E-state index is -4.67. The van der Waals surface area contributed by atoms with Crippen LogP contribution in [0.4, 0.5) is 0 Å². The molecule has 0 saturated carbocycles. The molecule has 0 aromatic carbocycles. The Morgan fingerprint density at radius 3 is 0.769 bits per heavy atom. The SMILES string of the molecule is O.O.O.O.O.O.O=S(=O)(O)O.[Co].[H-].[K+]. The van der Waals surface area contributed by atoms with Gasteiger partial charge in [0, 0.05) is 16.8 Å². The van der Waals surface area contributed by atoms with E-state index in [1.807, 2.05) is 0 Å². The van der Waals surface area contributed by atoms with Gasteiger partial charge in [-0.3, -0.25) is 9.11 Å². The molecule has 1 radical (unpaired) electrons. The average Bonchev–Trinajstić information content (AvgIpc) is 0.722. The van der Waals surface area contributed by atoms with Gasteiger partial charge in [-0.25, -0.2) is 0 Å². The molecule has 0 fully saturated rings. The second-order valence-electron chi connectivity index (χ2n) is 0.448. The van der Waals surface area contributed by atoms with Crippen molar-refractivity contribution in [2.45, 2.75) is 0 Å². The summed E-state index contributed by atoms with van der Waals surface area (Å²) in [6.45, 7) is 0. The van der Waals surface area contributed by atoms with E-state index in [0.717, 1.165) is 0 Å². The van der Waals surface area contributed by atoms with Gasteiger partial charge in [-0.1, -0.05) is 0 Å². The van der Waals surface area contributed by atoms with Crippen LogP contribution in [0.2, 0.25) is 0 Å². The van der Waals surface area contributed by atoms with Crippen LogP contribution in [-0.2, 0) is 27.2 Å². The molecule has 10 nitrogen and oxygen atoms in total. The fourth-order valence-corrected chi connectivity index (χ4v) is 0. The van der Waals surface area contributed by atoms with Crippen molar-refractivity contribution >= 4 is 10.4 Å². The quantitative estimate of drug-likeness (QED) is 0.325. The van der Waals surface area contributed by atoms with E-state index in [2.05, 4.69) is 0 Å². The molecule has 13 heteroatoms. The first kappa shape index (κ1) is 84.1. The van der Waals surface area contributed by atoms with Gasteiger partial charge in [-0.05, 0) is 0 Å². The largest absolute Gasteiger partial charge is 1.00 e. The van der Waals surface area contributed by atoms with Gasteiger partial charge < -0.3 is 34.3 Å². The smallest absolute Gasteiger partial charge is 1.00 e. The van der Waals surface area contributed by atoms with Crippen LogP contribution in [0.5, 0.6) is 0 Å². The van der Waals surface area contributed by atoms with Crippen LogP contribution in [0, 0.1) is 0 Å². The second kappa shape index (κ2) is 37.2. The van der Waals surface area contributed by atoms with E-state index in [4.69, 9.17) is 17.5 Å². The maximum absolute atomic E-state index is 8.74. The predicted molar refractivity (Wildman–Crippen MR) is 37.0 cm³/mol. The van der Waals surface area contributed by atoms with E-state index in [1.54, 1.807) is 0 Å². The zero-order chi connectivity index (χ0) is 4.50. The Morgan fingerprint density at radius 1 is 0.769 bits per heavy atom. The summed E-state index contributed by atoms with van der Waals surface area (Å²) in [6.07, 6.45) is 0. The van der Waals surface area contributed by atoms with E-state index in [9.17, 15) is 0 Å². The second-order valence-corrected chi connectivity index (χ2v) is 1.34. The van der Waals surface area contributed by atoms with Crippen molar-refractivity contribution in [2.75, 3.05) is 0 Å². The van der Waals surface area contributed by atoms with Crippen LogP contribution in [0.25, 0.3) is 0 Å². The number of hydrogen-bond acceptors (Lipinski definition) is 2. The molecule has 0 aromatic rings.